The summed E-state index contributed by atoms with van der Waals surface area (Å²) in [7, 11) is 2.52. The zero-order valence-corrected chi connectivity index (χ0v) is 34.2. The summed E-state index contributed by atoms with van der Waals surface area (Å²) in [6.45, 7) is 13.3. The number of amides is 4. The van der Waals surface area contributed by atoms with Gasteiger partial charge in [0.05, 0.1) is 57.4 Å². The highest BCUT2D eigenvalue weighted by molar-refractivity contribution is 6.01. The minimum Gasteiger partial charge on any atom is -0.464 e. The third-order valence-electron chi connectivity index (χ3n) is 8.96. The molecule has 306 valence electrons. The first-order chi connectivity index (χ1) is 27.5. The first-order valence-corrected chi connectivity index (χ1v) is 19.4. The van der Waals surface area contributed by atoms with E-state index < -0.39 is 18.2 Å². The van der Waals surface area contributed by atoms with Crippen LogP contribution in [0.25, 0.3) is 44.6 Å². The van der Waals surface area contributed by atoms with Gasteiger partial charge in [0.1, 0.15) is 29.8 Å². The van der Waals surface area contributed by atoms with Gasteiger partial charge in [-0.05, 0) is 47.6 Å². The Morgan fingerprint density at radius 3 is 1.93 bits per heavy atom. The van der Waals surface area contributed by atoms with E-state index in [1.165, 1.54) is 20.6 Å². The van der Waals surface area contributed by atoms with Crippen molar-refractivity contribution >= 4 is 35.0 Å². The van der Waals surface area contributed by atoms with Crippen LogP contribution in [0.3, 0.4) is 0 Å². The van der Waals surface area contributed by atoms with Gasteiger partial charge in [-0.2, -0.15) is 0 Å². The molecule has 4 N–H and O–H groups in total. The minimum atomic E-state index is -0.734. The fourth-order valence-electron chi connectivity index (χ4n) is 6.21. The maximum Gasteiger partial charge on any atom is 0.407 e. The number of aromatic amines is 2. The number of furan rings is 1. The summed E-state index contributed by atoms with van der Waals surface area (Å²) in [5.41, 5.74) is 6.00. The monoisotopic (exact) mass is 784 g/mol. The van der Waals surface area contributed by atoms with E-state index in [9.17, 15) is 19.2 Å². The Bertz CT molecular complexity index is 2070. The van der Waals surface area contributed by atoms with Crippen LogP contribution in [0.15, 0.2) is 65.5 Å². The number of hydrogen-bond donors (Lipinski definition) is 4. The van der Waals surface area contributed by atoms with Crippen LogP contribution in [0, 0.1) is 5.92 Å². The van der Waals surface area contributed by atoms with Crippen LogP contribution in [0.5, 0.6) is 0 Å². The van der Waals surface area contributed by atoms with E-state index in [1.807, 2.05) is 70.2 Å². The molecule has 57 heavy (non-hydrogen) atoms. The fourth-order valence-corrected chi connectivity index (χ4v) is 6.21. The second-order valence-corrected chi connectivity index (χ2v) is 13.9. The molecule has 0 saturated carbocycles. The van der Waals surface area contributed by atoms with Crippen molar-refractivity contribution in [2.24, 2.45) is 5.92 Å². The number of fused-ring (bicyclic) bond motifs is 1. The van der Waals surface area contributed by atoms with E-state index >= 15 is 0 Å². The SMILES string of the molecule is CCC.CCCN(Cc1ncc(-c2ccc(-c3ccc(-c4cnc(CN(CCC)C(=O)[C@@H](NC(=O)OC)C(C)C)[nH]4)c4occc34)cc2)[nH]1)C(=O)CNC(=O)OC. The van der Waals surface area contributed by atoms with Gasteiger partial charge in [0.2, 0.25) is 11.8 Å². The Balaban J connectivity index is 0.00000232. The van der Waals surface area contributed by atoms with Gasteiger partial charge >= 0.3 is 12.2 Å². The molecule has 1 atom stereocenters. The molecule has 0 spiro atoms. The van der Waals surface area contributed by atoms with Gasteiger partial charge in [-0.25, -0.2) is 19.6 Å². The van der Waals surface area contributed by atoms with Crippen molar-refractivity contribution in [3.63, 3.8) is 0 Å². The van der Waals surface area contributed by atoms with Crippen LogP contribution >= 0.6 is 0 Å². The molecule has 2 aromatic carbocycles. The minimum absolute atomic E-state index is 0.140. The van der Waals surface area contributed by atoms with Gasteiger partial charge in [-0.1, -0.05) is 78.3 Å². The molecule has 15 heteroatoms. The Morgan fingerprint density at radius 2 is 1.32 bits per heavy atom. The quantitative estimate of drug-likeness (QED) is 0.0785. The van der Waals surface area contributed by atoms with Crippen LogP contribution in [-0.2, 0) is 32.2 Å². The molecule has 0 radical (unpaired) electrons. The van der Waals surface area contributed by atoms with Crippen LogP contribution in [0.4, 0.5) is 9.59 Å². The second kappa shape index (κ2) is 21.3. The molecular weight excluding hydrogens is 729 g/mol. The molecular formula is C42H56N8O7. The third-order valence-corrected chi connectivity index (χ3v) is 8.96. The zero-order valence-electron chi connectivity index (χ0n) is 34.2. The molecule has 15 nitrogen and oxygen atoms in total. The zero-order chi connectivity index (χ0) is 41.5. The standard InChI is InChI=1S/C39H48N8O7.C3H8/c1-7-16-46(34(48)21-42-38(50)52-5)22-32-40-19-30(43-32)26-11-9-25(10-12-26)27-13-14-29(36-28(27)15-18-54-36)31-20-41-33(44-31)23-47(17-8-2)37(49)35(24(3)4)45-39(51)53-6;1-3-2/h9-15,18-20,24,35H,7-8,16-17,21-23H2,1-6H3,(H,40,43)(H,41,44)(H,42,50)(H,45,51);3H2,1-2H3/t35-;/m0./s1. The summed E-state index contributed by atoms with van der Waals surface area (Å²) in [5.74, 6) is 0.661. The molecule has 3 aromatic heterocycles. The predicted octanol–water partition coefficient (Wildman–Crippen LogP) is 7.51. The Morgan fingerprint density at radius 1 is 0.754 bits per heavy atom. The second-order valence-electron chi connectivity index (χ2n) is 13.9. The van der Waals surface area contributed by atoms with Crippen molar-refractivity contribution in [1.82, 2.24) is 40.4 Å². The number of imidazole rings is 2. The molecule has 5 rings (SSSR count). The summed E-state index contributed by atoms with van der Waals surface area (Å²) in [6.07, 6.45) is 6.57. The Hall–Kier alpha value is -6.12. The third kappa shape index (κ3) is 11.5. The number of benzene rings is 2. The molecule has 3 heterocycles. The molecule has 0 aliphatic rings. The maximum absolute atomic E-state index is 13.5. The lowest BCUT2D eigenvalue weighted by Crippen LogP contribution is -2.51. The summed E-state index contributed by atoms with van der Waals surface area (Å²) >= 11 is 0. The van der Waals surface area contributed by atoms with Gasteiger partial charge < -0.3 is 44.3 Å². The summed E-state index contributed by atoms with van der Waals surface area (Å²) < 4.78 is 15.3. The Labute approximate surface area is 333 Å². The number of methoxy groups -OCH3 is 2. The smallest absolute Gasteiger partial charge is 0.407 e. The normalized spacial score (nSPS) is 11.4. The number of ether oxygens (including phenoxy) is 2. The number of nitrogens with zero attached hydrogens (tertiary/aromatic N) is 4. The van der Waals surface area contributed by atoms with Crippen molar-refractivity contribution in [2.75, 3.05) is 33.9 Å². The van der Waals surface area contributed by atoms with Crippen LogP contribution in [0.1, 0.15) is 72.5 Å². The number of aromatic nitrogens is 4. The lowest BCUT2D eigenvalue weighted by atomic mass is 9.97. The molecule has 0 unspecified atom stereocenters. The highest BCUT2D eigenvalue weighted by Gasteiger charge is 2.29. The summed E-state index contributed by atoms with van der Waals surface area (Å²) in [5, 5.41) is 6.03. The van der Waals surface area contributed by atoms with Gasteiger partial charge in [-0.3, -0.25) is 9.59 Å². The van der Waals surface area contributed by atoms with Crippen molar-refractivity contribution in [1.29, 1.82) is 0 Å². The first kappa shape index (κ1) is 43.6. The van der Waals surface area contributed by atoms with E-state index in [-0.39, 0.29) is 37.4 Å². The van der Waals surface area contributed by atoms with Crippen molar-refractivity contribution in [2.45, 2.75) is 79.9 Å². The average Bonchev–Trinajstić information content (AvgIpc) is 4.00. The average molecular weight is 785 g/mol. The molecule has 0 aliphatic carbocycles. The van der Waals surface area contributed by atoms with E-state index in [0.29, 0.717) is 30.3 Å². The van der Waals surface area contributed by atoms with Gasteiger partial charge in [-0.15, -0.1) is 0 Å². The van der Waals surface area contributed by atoms with Gasteiger partial charge in [0, 0.05) is 24.0 Å². The molecule has 0 aliphatic heterocycles. The summed E-state index contributed by atoms with van der Waals surface area (Å²) in [4.78, 5) is 68.7. The Kier molecular flexibility index (Phi) is 16.3. The van der Waals surface area contributed by atoms with Crippen LogP contribution in [-0.4, -0.2) is 93.6 Å². The van der Waals surface area contributed by atoms with Gasteiger partial charge in [0.15, 0.2) is 0 Å². The topological polar surface area (TPSA) is 188 Å². The lowest BCUT2D eigenvalue weighted by molar-refractivity contribution is -0.135. The van der Waals surface area contributed by atoms with Gasteiger partial charge in [0.25, 0.3) is 0 Å². The number of nitrogens with one attached hydrogen (secondary N) is 4. The predicted molar refractivity (Wildman–Crippen MR) is 219 cm³/mol. The molecule has 4 amide bonds. The number of carbonyl (C=O) groups is 4. The molecule has 0 saturated heterocycles. The van der Waals surface area contributed by atoms with Crippen molar-refractivity contribution < 1.29 is 33.1 Å². The molecule has 0 bridgehead atoms. The number of rotatable bonds is 16. The highest BCUT2D eigenvalue weighted by Crippen LogP contribution is 2.36. The fraction of sp³-hybridized carbons (Fsp3) is 0.429. The lowest BCUT2D eigenvalue weighted by Gasteiger charge is -2.28. The van der Waals surface area contributed by atoms with E-state index in [0.717, 1.165) is 51.9 Å². The molecule has 5 aromatic rings. The van der Waals surface area contributed by atoms with E-state index in [2.05, 4.69) is 49.2 Å². The number of alkyl carbamates (subject to hydrolysis) is 2. The van der Waals surface area contributed by atoms with Crippen molar-refractivity contribution in [3.8, 4) is 33.6 Å². The number of carbonyl (C=O) groups excluding carboxylic acids is 4. The van der Waals surface area contributed by atoms with E-state index in [4.69, 9.17) is 9.15 Å². The number of hydrogen-bond acceptors (Lipinski definition) is 9. The van der Waals surface area contributed by atoms with Crippen LogP contribution in [0.2, 0.25) is 0 Å². The molecule has 0 fully saturated rings. The maximum atomic E-state index is 13.5. The number of H-pyrrole nitrogens is 2. The largest absolute Gasteiger partial charge is 0.464 e. The van der Waals surface area contributed by atoms with E-state index in [1.54, 1.807) is 28.5 Å². The van der Waals surface area contributed by atoms with Crippen LogP contribution < -0.4 is 10.6 Å². The first-order valence-electron chi connectivity index (χ1n) is 19.4. The van der Waals surface area contributed by atoms with Crippen molar-refractivity contribution in [3.05, 3.63) is 72.8 Å². The highest BCUT2D eigenvalue weighted by atomic mass is 16.5. The summed E-state index contributed by atoms with van der Waals surface area (Å²) in [6, 6.07) is 13.3.